The Bertz CT molecular complexity index is 1980. The minimum atomic E-state index is -1.87. The fourth-order valence-electron chi connectivity index (χ4n) is 8.18. The molecule has 0 spiro atoms. The molecule has 6 atom stereocenters. The van der Waals surface area contributed by atoms with Crippen LogP contribution in [-0.2, 0) is 19.2 Å². The second-order valence-electron chi connectivity index (χ2n) is 13.2. The third kappa shape index (κ3) is 5.34. The number of aliphatic hydroxyl groups excluding tert-OH is 1. The van der Waals surface area contributed by atoms with Crippen molar-refractivity contribution in [2.45, 2.75) is 28.5 Å². The van der Waals surface area contributed by atoms with Gasteiger partial charge in [-0.3, -0.25) is 29.0 Å². The number of carbonyl (C=O) groups is 4. The number of amides is 4. The quantitative estimate of drug-likeness (QED) is 0.134. The molecule has 1 saturated carbocycles. The summed E-state index contributed by atoms with van der Waals surface area (Å²) in [6.45, 7) is -0.0550. The molecule has 2 aliphatic heterocycles. The van der Waals surface area contributed by atoms with Crippen LogP contribution in [-0.4, -0.2) is 77.9 Å². The molecule has 3 fully saturated rings. The van der Waals surface area contributed by atoms with Crippen LogP contribution in [0.1, 0.15) is 35.4 Å². The van der Waals surface area contributed by atoms with E-state index in [0.29, 0.717) is 34.1 Å². The smallest absolute Gasteiger partial charge is 0.253 e. The average Bonchev–Trinajstić information content (AvgIpc) is 3.48. The maximum atomic E-state index is 14.4. The maximum Gasteiger partial charge on any atom is 0.253 e. The molecule has 0 unspecified atom stereocenters. The van der Waals surface area contributed by atoms with Crippen LogP contribution in [0.4, 0.5) is 5.69 Å². The molecule has 2 heterocycles. The molecule has 0 bridgehead atoms. The summed E-state index contributed by atoms with van der Waals surface area (Å²) < 4.78 is 16.3. The minimum Gasteiger partial charge on any atom is -0.497 e. The Kier molecular flexibility index (Phi) is 8.98. The average molecular weight is 732 g/mol. The molecule has 12 heteroatoms. The van der Waals surface area contributed by atoms with Gasteiger partial charge in [-0.15, -0.1) is 23.2 Å². The normalized spacial score (nSPS) is 28.5. The van der Waals surface area contributed by atoms with Gasteiger partial charge < -0.3 is 19.3 Å². The number of anilines is 1. The van der Waals surface area contributed by atoms with Gasteiger partial charge in [0.2, 0.25) is 11.8 Å². The Morgan fingerprint density at radius 2 is 1.57 bits per heavy atom. The van der Waals surface area contributed by atoms with Crippen LogP contribution in [0.25, 0.3) is 12.2 Å². The van der Waals surface area contributed by atoms with E-state index in [1.807, 2.05) is 48.6 Å². The largest absolute Gasteiger partial charge is 0.497 e. The lowest BCUT2D eigenvalue weighted by molar-refractivity contribution is -0.138. The molecular formula is C39H36Cl2N2O8. The van der Waals surface area contributed by atoms with Crippen molar-refractivity contribution in [3.05, 3.63) is 95.1 Å². The van der Waals surface area contributed by atoms with E-state index in [9.17, 15) is 19.2 Å². The number of fused-ring (bicyclic) bond motifs is 4. The number of benzene rings is 3. The van der Waals surface area contributed by atoms with Gasteiger partial charge in [0.25, 0.3) is 11.8 Å². The van der Waals surface area contributed by atoms with E-state index in [1.165, 1.54) is 11.9 Å². The first-order valence-corrected chi connectivity index (χ1v) is 17.4. The lowest BCUT2D eigenvalue weighted by atomic mass is 9.56. The number of allylic oxidation sites excluding steroid dienone is 2. The van der Waals surface area contributed by atoms with Crippen molar-refractivity contribution in [2.75, 3.05) is 39.4 Å². The van der Waals surface area contributed by atoms with Crippen molar-refractivity contribution in [1.82, 2.24) is 4.90 Å². The van der Waals surface area contributed by atoms with E-state index in [2.05, 4.69) is 0 Å². The number of hydrogen-bond acceptors (Lipinski definition) is 8. The topological polar surface area (TPSA) is 123 Å². The number of methoxy groups -OCH3 is 2. The highest BCUT2D eigenvalue weighted by Gasteiger charge is 2.75. The van der Waals surface area contributed by atoms with Crippen LogP contribution in [0, 0.1) is 17.8 Å². The van der Waals surface area contributed by atoms with E-state index in [-0.39, 0.29) is 37.9 Å². The Labute approximate surface area is 305 Å². The van der Waals surface area contributed by atoms with E-state index < -0.39 is 45.2 Å². The van der Waals surface area contributed by atoms with Crippen LogP contribution in [0.5, 0.6) is 17.2 Å². The Morgan fingerprint density at radius 3 is 2.24 bits per heavy atom. The van der Waals surface area contributed by atoms with Crippen LogP contribution in [0.15, 0.2) is 78.4 Å². The molecule has 51 heavy (non-hydrogen) atoms. The Balaban J connectivity index is 1.21. The number of halogens is 2. The molecular weight excluding hydrogens is 695 g/mol. The molecule has 7 rings (SSSR count). The van der Waals surface area contributed by atoms with Gasteiger partial charge in [-0.25, -0.2) is 0 Å². The zero-order valence-corrected chi connectivity index (χ0v) is 29.7. The second-order valence-corrected chi connectivity index (χ2v) is 14.4. The minimum absolute atomic E-state index is 0.0848. The summed E-state index contributed by atoms with van der Waals surface area (Å²) in [6.07, 6.45) is 5.87. The highest BCUT2D eigenvalue weighted by Crippen LogP contribution is 2.65. The monoisotopic (exact) mass is 730 g/mol. The van der Waals surface area contributed by atoms with Gasteiger partial charge in [0.05, 0.1) is 38.3 Å². The van der Waals surface area contributed by atoms with Gasteiger partial charge in [0.15, 0.2) is 9.75 Å². The summed E-state index contributed by atoms with van der Waals surface area (Å²) >= 11 is 14.5. The molecule has 3 aromatic carbocycles. The highest BCUT2D eigenvalue weighted by molar-refractivity contribution is 6.53. The molecule has 1 N–H and O–H groups in total. The summed E-state index contributed by atoms with van der Waals surface area (Å²) in [7, 11) is 4.55. The molecule has 10 nitrogen and oxygen atoms in total. The van der Waals surface area contributed by atoms with Gasteiger partial charge >= 0.3 is 0 Å². The number of alkyl halides is 2. The number of likely N-dealkylation sites (tertiary alicyclic amines) is 1. The number of aliphatic hydroxyl groups is 1. The fourth-order valence-corrected chi connectivity index (χ4v) is 9.20. The lowest BCUT2D eigenvalue weighted by Gasteiger charge is -2.50. The van der Waals surface area contributed by atoms with Gasteiger partial charge in [0, 0.05) is 18.5 Å². The first-order valence-electron chi connectivity index (χ1n) is 16.6. The molecule has 0 radical (unpaired) electrons. The van der Waals surface area contributed by atoms with E-state index in [4.69, 9.17) is 42.5 Å². The zero-order chi connectivity index (χ0) is 36.2. The predicted molar refractivity (Wildman–Crippen MR) is 192 cm³/mol. The summed E-state index contributed by atoms with van der Waals surface area (Å²) in [4.78, 5) is 54.3. The predicted octanol–water partition coefficient (Wildman–Crippen LogP) is 5.44. The van der Waals surface area contributed by atoms with E-state index >= 15 is 0 Å². The van der Waals surface area contributed by atoms with Gasteiger partial charge in [-0.1, -0.05) is 48.1 Å². The third-order valence-electron chi connectivity index (χ3n) is 10.6. The van der Waals surface area contributed by atoms with Crippen molar-refractivity contribution >= 4 is 64.7 Å². The first kappa shape index (κ1) is 34.8. The number of ether oxygens (including phenoxy) is 3. The SMILES string of the molecule is COc1ccc(OC)c(C=Cc2ccc(N3C(=O)[C@H]4[C@H](CC=C5[C@H]4C[C@@]4(Cl)C(=O)N(C)C(=O)[C@@]4(Cl)[C@H]5c4ccc(OCCO)cc4)C3=O)cc2)c1. The first-order chi connectivity index (χ1) is 24.5. The van der Waals surface area contributed by atoms with Crippen molar-refractivity contribution < 1.29 is 38.5 Å². The molecule has 264 valence electrons. The second kappa shape index (κ2) is 13.2. The summed E-state index contributed by atoms with van der Waals surface area (Å²) in [5.74, 6) is -3.08. The molecule has 2 aliphatic carbocycles. The maximum absolute atomic E-state index is 14.4. The Hall–Kier alpha value is -4.64. The standard InChI is InChI=1S/C39H36Cl2N2O8/c1-42-36(47)38(40)21-30-28(33(39(38,41)37(42)48)23-8-12-26(13-9-23)51-19-18-44)15-16-29-32(30)35(46)43(34(29)45)25-10-5-22(6-11-25)4-7-24-20-27(49-2)14-17-31(24)50-3/h4-15,17,20,29-30,32-33,44H,16,18-19,21H2,1-3H3/t29-,30+,32-,33-,38+,39-/m0/s1. The van der Waals surface area contributed by atoms with Crippen LogP contribution in [0.2, 0.25) is 0 Å². The Morgan fingerprint density at radius 1 is 0.863 bits per heavy atom. The molecule has 4 amide bonds. The van der Waals surface area contributed by atoms with Crippen molar-refractivity contribution in [3.8, 4) is 17.2 Å². The van der Waals surface area contributed by atoms with Gasteiger partial charge in [-0.05, 0) is 72.4 Å². The fraction of sp³-hybridized carbons (Fsp3) is 0.333. The van der Waals surface area contributed by atoms with Crippen molar-refractivity contribution in [2.24, 2.45) is 17.8 Å². The number of nitrogens with zero attached hydrogens (tertiary/aromatic N) is 2. The van der Waals surface area contributed by atoms with Crippen LogP contribution < -0.4 is 19.1 Å². The summed E-state index contributed by atoms with van der Waals surface area (Å²) in [5.41, 5.74) is 3.41. The number of imide groups is 2. The van der Waals surface area contributed by atoms with E-state index in [0.717, 1.165) is 16.0 Å². The molecule has 3 aromatic rings. The van der Waals surface area contributed by atoms with E-state index in [1.54, 1.807) is 50.6 Å². The van der Waals surface area contributed by atoms with Gasteiger partial charge in [0.1, 0.15) is 23.9 Å². The molecule has 2 saturated heterocycles. The highest BCUT2D eigenvalue weighted by atomic mass is 35.5. The summed E-state index contributed by atoms with van der Waals surface area (Å²) in [6, 6.07) is 19.5. The van der Waals surface area contributed by atoms with Crippen LogP contribution >= 0.6 is 23.2 Å². The van der Waals surface area contributed by atoms with Crippen LogP contribution in [0.3, 0.4) is 0 Å². The number of hydrogen-bond donors (Lipinski definition) is 1. The molecule has 0 aromatic heterocycles. The zero-order valence-electron chi connectivity index (χ0n) is 28.2. The van der Waals surface area contributed by atoms with Gasteiger partial charge in [-0.2, -0.15) is 0 Å². The number of carbonyl (C=O) groups excluding carboxylic acids is 4. The van der Waals surface area contributed by atoms with Crippen molar-refractivity contribution in [1.29, 1.82) is 0 Å². The third-order valence-corrected chi connectivity index (χ3v) is 12.0. The summed E-state index contributed by atoms with van der Waals surface area (Å²) in [5, 5.41) is 9.17. The van der Waals surface area contributed by atoms with Crippen molar-refractivity contribution in [3.63, 3.8) is 0 Å². The number of rotatable bonds is 9. The molecule has 4 aliphatic rings. The lowest BCUT2D eigenvalue weighted by Crippen LogP contribution is -2.60.